The minimum Gasteiger partial charge on any atom is -0.508 e. The highest BCUT2D eigenvalue weighted by Crippen LogP contribution is 2.30. The predicted octanol–water partition coefficient (Wildman–Crippen LogP) is 3.60. The molecule has 0 saturated heterocycles. The number of hydrogen-bond donors (Lipinski definition) is 2. The fourth-order valence-electron chi connectivity index (χ4n) is 2.45. The molecule has 2 rings (SSSR count). The van der Waals surface area contributed by atoms with Gasteiger partial charge >= 0.3 is 0 Å². The molecular formula is C17H20O2. The minimum atomic E-state index is 0.188. The molecule has 2 aromatic carbocycles. The maximum absolute atomic E-state index is 9.71. The summed E-state index contributed by atoms with van der Waals surface area (Å²) < 4.78 is 0. The molecule has 0 aliphatic heterocycles. The molecule has 0 aliphatic rings. The van der Waals surface area contributed by atoms with Gasteiger partial charge in [0.25, 0.3) is 0 Å². The van der Waals surface area contributed by atoms with Crippen molar-refractivity contribution in [3.8, 4) is 16.9 Å². The Morgan fingerprint density at radius 3 is 2.26 bits per heavy atom. The van der Waals surface area contributed by atoms with Crippen LogP contribution in [0.1, 0.15) is 23.1 Å². The van der Waals surface area contributed by atoms with E-state index < -0.39 is 0 Å². The van der Waals surface area contributed by atoms with E-state index in [1.165, 1.54) is 11.1 Å². The van der Waals surface area contributed by atoms with Crippen LogP contribution in [0.4, 0.5) is 0 Å². The Morgan fingerprint density at radius 1 is 0.947 bits per heavy atom. The average molecular weight is 256 g/mol. The summed E-state index contributed by atoms with van der Waals surface area (Å²) in [6.45, 7) is 4.34. The zero-order chi connectivity index (χ0) is 13.8. The second-order valence-corrected chi connectivity index (χ2v) is 5.04. The number of hydrogen-bond acceptors (Lipinski definition) is 2. The average Bonchev–Trinajstić information content (AvgIpc) is 2.36. The van der Waals surface area contributed by atoms with Gasteiger partial charge in [0.1, 0.15) is 5.75 Å². The summed E-state index contributed by atoms with van der Waals surface area (Å²) in [5.41, 5.74) is 5.77. The first-order valence-corrected chi connectivity index (χ1v) is 6.61. The summed E-state index contributed by atoms with van der Waals surface area (Å²) in [6, 6.07) is 11.9. The molecule has 0 bridgehead atoms. The van der Waals surface area contributed by atoms with Crippen molar-refractivity contribution >= 4 is 0 Å². The van der Waals surface area contributed by atoms with Crippen molar-refractivity contribution in [3.05, 3.63) is 53.1 Å². The maximum Gasteiger partial charge on any atom is 0.116 e. The summed E-state index contributed by atoms with van der Waals surface area (Å²) in [5, 5.41) is 18.7. The highest BCUT2D eigenvalue weighted by Gasteiger charge is 2.07. The van der Waals surface area contributed by atoms with Crippen LogP contribution < -0.4 is 0 Å². The fourth-order valence-corrected chi connectivity index (χ4v) is 2.45. The molecule has 0 aliphatic carbocycles. The number of aromatic hydroxyl groups is 1. The minimum absolute atomic E-state index is 0.188. The van der Waals surface area contributed by atoms with Crippen molar-refractivity contribution in [2.24, 2.45) is 0 Å². The van der Waals surface area contributed by atoms with E-state index in [1.54, 1.807) is 12.1 Å². The summed E-state index contributed by atoms with van der Waals surface area (Å²) in [4.78, 5) is 0. The molecule has 2 nitrogen and oxygen atoms in total. The zero-order valence-electron chi connectivity index (χ0n) is 11.5. The molecule has 0 unspecified atom stereocenters. The van der Waals surface area contributed by atoms with Crippen LogP contribution in [-0.4, -0.2) is 16.8 Å². The SMILES string of the molecule is Cc1cc(C)cc(-c2cc(O)ccc2CCCO)c1. The van der Waals surface area contributed by atoms with Crippen LogP contribution in [0.3, 0.4) is 0 Å². The predicted molar refractivity (Wildman–Crippen MR) is 78.4 cm³/mol. The smallest absolute Gasteiger partial charge is 0.116 e. The van der Waals surface area contributed by atoms with Crippen molar-refractivity contribution in [2.45, 2.75) is 26.7 Å². The summed E-state index contributed by atoms with van der Waals surface area (Å²) >= 11 is 0. The van der Waals surface area contributed by atoms with Crippen LogP contribution >= 0.6 is 0 Å². The summed E-state index contributed by atoms with van der Waals surface area (Å²) in [5.74, 6) is 0.280. The quantitative estimate of drug-likeness (QED) is 0.877. The number of benzene rings is 2. The van der Waals surface area contributed by atoms with E-state index in [0.717, 1.165) is 29.5 Å². The molecule has 0 saturated carbocycles. The van der Waals surface area contributed by atoms with Crippen LogP contribution in [-0.2, 0) is 6.42 Å². The van der Waals surface area contributed by atoms with Gasteiger partial charge in [-0.15, -0.1) is 0 Å². The van der Waals surface area contributed by atoms with Gasteiger partial charge in [0.15, 0.2) is 0 Å². The molecule has 2 N–H and O–H groups in total. The van der Waals surface area contributed by atoms with Crippen molar-refractivity contribution in [3.63, 3.8) is 0 Å². The van der Waals surface area contributed by atoms with Crippen molar-refractivity contribution in [1.29, 1.82) is 0 Å². The molecule has 100 valence electrons. The largest absolute Gasteiger partial charge is 0.508 e. The van der Waals surface area contributed by atoms with E-state index in [0.29, 0.717) is 0 Å². The number of phenolic OH excluding ortho intramolecular Hbond substituents is 1. The zero-order valence-corrected chi connectivity index (χ0v) is 11.5. The van der Waals surface area contributed by atoms with Gasteiger partial charge in [0.05, 0.1) is 0 Å². The lowest BCUT2D eigenvalue weighted by atomic mass is 9.94. The number of aliphatic hydroxyl groups is 1. The van der Waals surface area contributed by atoms with Crippen molar-refractivity contribution < 1.29 is 10.2 Å². The number of rotatable bonds is 4. The lowest BCUT2D eigenvalue weighted by Crippen LogP contribution is -1.94. The van der Waals surface area contributed by atoms with E-state index in [9.17, 15) is 5.11 Å². The highest BCUT2D eigenvalue weighted by molar-refractivity contribution is 5.70. The van der Waals surface area contributed by atoms with Gasteiger partial charge < -0.3 is 10.2 Å². The van der Waals surface area contributed by atoms with E-state index >= 15 is 0 Å². The lowest BCUT2D eigenvalue weighted by Gasteiger charge is -2.12. The Bertz CT molecular complexity index is 553. The first kappa shape index (κ1) is 13.6. The molecule has 2 aromatic rings. The van der Waals surface area contributed by atoms with E-state index in [-0.39, 0.29) is 12.4 Å². The molecule has 19 heavy (non-hydrogen) atoms. The van der Waals surface area contributed by atoms with Crippen LogP contribution in [0, 0.1) is 13.8 Å². The van der Waals surface area contributed by atoms with Gasteiger partial charge in [0, 0.05) is 6.61 Å². The monoisotopic (exact) mass is 256 g/mol. The Hall–Kier alpha value is -1.80. The molecule has 0 aromatic heterocycles. The maximum atomic E-state index is 9.71. The molecule has 0 spiro atoms. The van der Waals surface area contributed by atoms with Crippen LogP contribution in [0.25, 0.3) is 11.1 Å². The molecule has 0 fully saturated rings. The first-order valence-electron chi connectivity index (χ1n) is 6.61. The molecule has 2 heteroatoms. The van der Waals surface area contributed by atoms with Gasteiger partial charge in [0.2, 0.25) is 0 Å². The van der Waals surface area contributed by atoms with E-state index in [2.05, 4.69) is 32.0 Å². The Balaban J connectivity index is 2.49. The number of phenols is 1. The van der Waals surface area contributed by atoms with Gasteiger partial charge in [-0.05, 0) is 55.5 Å². The third-order valence-electron chi connectivity index (χ3n) is 3.23. The third kappa shape index (κ3) is 3.36. The number of aryl methyl sites for hydroxylation is 3. The Morgan fingerprint density at radius 2 is 1.63 bits per heavy atom. The van der Waals surface area contributed by atoms with E-state index in [1.807, 2.05) is 6.07 Å². The molecule has 0 heterocycles. The van der Waals surface area contributed by atoms with Gasteiger partial charge in [-0.1, -0.05) is 35.4 Å². The van der Waals surface area contributed by atoms with Crippen LogP contribution in [0.2, 0.25) is 0 Å². The topological polar surface area (TPSA) is 40.5 Å². The second kappa shape index (κ2) is 5.89. The standard InChI is InChI=1S/C17H20O2/c1-12-8-13(2)10-15(9-12)17-11-16(19)6-5-14(17)4-3-7-18/h5-6,8-11,18-19H,3-4,7H2,1-2H3. The highest BCUT2D eigenvalue weighted by atomic mass is 16.3. The van der Waals surface area contributed by atoms with E-state index in [4.69, 9.17) is 5.11 Å². The van der Waals surface area contributed by atoms with Gasteiger partial charge in [-0.2, -0.15) is 0 Å². The van der Waals surface area contributed by atoms with Gasteiger partial charge in [-0.3, -0.25) is 0 Å². The van der Waals surface area contributed by atoms with Crippen LogP contribution in [0.5, 0.6) is 5.75 Å². The van der Waals surface area contributed by atoms with Crippen molar-refractivity contribution in [1.82, 2.24) is 0 Å². The number of aliphatic hydroxyl groups excluding tert-OH is 1. The third-order valence-corrected chi connectivity index (χ3v) is 3.23. The lowest BCUT2D eigenvalue weighted by molar-refractivity contribution is 0.288. The molecule has 0 radical (unpaired) electrons. The van der Waals surface area contributed by atoms with Crippen LogP contribution in [0.15, 0.2) is 36.4 Å². The summed E-state index contributed by atoms with van der Waals surface area (Å²) in [7, 11) is 0. The molecule has 0 atom stereocenters. The van der Waals surface area contributed by atoms with Gasteiger partial charge in [-0.25, -0.2) is 0 Å². The van der Waals surface area contributed by atoms with Crippen molar-refractivity contribution in [2.75, 3.05) is 6.61 Å². The second-order valence-electron chi connectivity index (χ2n) is 5.04. The molecule has 0 amide bonds. The Labute approximate surface area is 114 Å². The fraction of sp³-hybridized carbons (Fsp3) is 0.294. The molecular weight excluding hydrogens is 236 g/mol. The summed E-state index contributed by atoms with van der Waals surface area (Å²) in [6.07, 6.45) is 1.56. The Kier molecular flexibility index (Phi) is 4.23. The normalized spacial score (nSPS) is 10.7. The first-order chi connectivity index (χ1) is 9.10.